The van der Waals surface area contributed by atoms with Gasteiger partial charge in [-0.3, -0.25) is 4.90 Å². The Hall–Kier alpha value is -1.59. The zero-order valence-electron chi connectivity index (χ0n) is 11.1. The molecule has 1 saturated heterocycles. The molecule has 1 aromatic rings. The van der Waals surface area contributed by atoms with E-state index in [1.807, 2.05) is 12.1 Å². The number of hydrogen-bond donors (Lipinski definition) is 2. The zero-order chi connectivity index (χ0) is 13.8. The van der Waals surface area contributed by atoms with Crippen LogP contribution < -0.4 is 5.73 Å². The van der Waals surface area contributed by atoms with Crippen LogP contribution in [-0.4, -0.2) is 42.3 Å². The van der Waals surface area contributed by atoms with Crippen molar-refractivity contribution in [2.24, 2.45) is 0 Å². The SMILES string of the molecule is COC(=O)c1c(N)cccc1CN1CCCC1CO. The highest BCUT2D eigenvalue weighted by Crippen LogP contribution is 2.24. The van der Waals surface area contributed by atoms with Gasteiger partial charge in [-0.2, -0.15) is 0 Å². The average Bonchev–Trinajstić information content (AvgIpc) is 2.85. The molecule has 5 nitrogen and oxygen atoms in total. The van der Waals surface area contributed by atoms with E-state index in [9.17, 15) is 9.90 Å². The van der Waals surface area contributed by atoms with Crippen molar-refractivity contribution in [3.8, 4) is 0 Å². The summed E-state index contributed by atoms with van der Waals surface area (Å²) in [5, 5.41) is 9.34. The van der Waals surface area contributed by atoms with Crippen LogP contribution in [0.3, 0.4) is 0 Å². The standard InChI is InChI=1S/C14H20N2O3/c1-19-14(18)13-10(4-2-6-12(13)15)8-16-7-3-5-11(16)9-17/h2,4,6,11,17H,3,5,7-9,15H2,1H3. The zero-order valence-corrected chi connectivity index (χ0v) is 11.1. The predicted molar refractivity (Wildman–Crippen MR) is 72.7 cm³/mol. The van der Waals surface area contributed by atoms with Crippen LogP contribution in [0.25, 0.3) is 0 Å². The van der Waals surface area contributed by atoms with Crippen molar-refractivity contribution in [2.45, 2.75) is 25.4 Å². The molecule has 1 aliphatic heterocycles. The van der Waals surface area contributed by atoms with E-state index in [-0.39, 0.29) is 12.6 Å². The quantitative estimate of drug-likeness (QED) is 0.627. The number of benzene rings is 1. The molecule has 19 heavy (non-hydrogen) atoms. The number of aliphatic hydroxyl groups is 1. The Labute approximate surface area is 113 Å². The van der Waals surface area contributed by atoms with Crippen molar-refractivity contribution in [1.82, 2.24) is 4.90 Å². The first-order chi connectivity index (χ1) is 9.17. The Morgan fingerprint density at radius 3 is 3.05 bits per heavy atom. The first-order valence-corrected chi connectivity index (χ1v) is 6.48. The Balaban J connectivity index is 2.24. The van der Waals surface area contributed by atoms with Gasteiger partial charge in [-0.25, -0.2) is 4.79 Å². The Kier molecular flexibility index (Phi) is 4.39. The Morgan fingerprint density at radius 2 is 2.37 bits per heavy atom. The van der Waals surface area contributed by atoms with E-state index in [4.69, 9.17) is 10.5 Å². The number of rotatable bonds is 4. The van der Waals surface area contributed by atoms with Gasteiger partial charge in [0.1, 0.15) is 0 Å². The van der Waals surface area contributed by atoms with Crippen molar-refractivity contribution in [1.29, 1.82) is 0 Å². The summed E-state index contributed by atoms with van der Waals surface area (Å²) in [6.45, 7) is 1.69. The summed E-state index contributed by atoms with van der Waals surface area (Å²) in [7, 11) is 1.35. The summed E-state index contributed by atoms with van der Waals surface area (Å²) < 4.78 is 4.79. The molecule has 1 heterocycles. The lowest BCUT2D eigenvalue weighted by Gasteiger charge is -2.23. The van der Waals surface area contributed by atoms with Crippen molar-refractivity contribution >= 4 is 11.7 Å². The summed E-state index contributed by atoms with van der Waals surface area (Å²) in [4.78, 5) is 14.0. The van der Waals surface area contributed by atoms with Gasteiger partial charge in [-0.05, 0) is 31.0 Å². The summed E-state index contributed by atoms with van der Waals surface area (Å²) in [5.41, 5.74) is 7.60. The van der Waals surface area contributed by atoms with Gasteiger partial charge in [0.05, 0.1) is 19.3 Å². The van der Waals surface area contributed by atoms with Crippen LogP contribution in [0.1, 0.15) is 28.8 Å². The van der Waals surface area contributed by atoms with Crippen LogP contribution in [0.4, 0.5) is 5.69 Å². The largest absolute Gasteiger partial charge is 0.465 e. The van der Waals surface area contributed by atoms with Gasteiger partial charge in [0.25, 0.3) is 0 Å². The van der Waals surface area contributed by atoms with Crippen LogP contribution in [0, 0.1) is 0 Å². The second-order valence-electron chi connectivity index (χ2n) is 4.82. The van der Waals surface area contributed by atoms with Crippen LogP contribution in [0.15, 0.2) is 18.2 Å². The number of nitrogens with two attached hydrogens (primary N) is 1. The molecule has 1 atom stereocenters. The van der Waals surface area contributed by atoms with E-state index < -0.39 is 5.97 Å². The maximum atomic E-state index is 11.8. The van der Waals surface area contributed by atoms with Crippen molar-refractivity contribution in [3.63, 3.8) is 0 Å². The Morgan fingerprint density at radius 1 is 1.58 bits per heavy atom. The first-order valence-electron chi connectivity index (χ1n) is 6.48. The first kappa shape index (κ1) is 13.8. The van der Waals surface area contributed by atoms with Crippen LogP contribution in [0.5, 0.6) is 0 Å². The molecule has 1 aromatic carbocycles. The van der Waals surface area contributed by atoms with Crippen molar-refractivity contribution < 1.29 is 14.6 Å². The molecule has 2 rings (SSSR count). The fourth-order valence-corrected chi connectivity index (χ4v) is 2.63. The summed E-state index contributed by atoms with van der Waals surface area (Å²) >= 11 is 0. The number of anilines is 1. The molecule has 1 unspecified atom stereocenters. The minimum absolute atomic E-state index is 0.149. The molecule has 0 aromatic heterocycles. The van der Waals surface area contributed by atoms with Gasteiger partial charge < -0.3 is 15.6 Å². The van der Waals surface area contributed by atoms with E-state index in [1.54, 1.807) is 6.07 Å². The third kappa shape index (κ3) is 2.88. The number of ether oxygens (including phenoxy) is 1. The van der Waals surface area contributed by atoms with E-state index in [1.165, 1.54) is 7.11 Å². The maximum absolute atomic E-state index is 11.8. The number of nitrogen functional groups attached to an aromatic ring is 1. The van der Waals surface area contributed by atoms with Gasteiger partial charge in [0, 0.05) is 18.3 Å². The number of methoxy groups -OCH3 is 1. The maximum Gasteiger partial charge on any atom is 0.340 e. The van der Waals surface area contributed by atoms with E-state index in [2.05, 4.69) is 4.90 Å². The van der Waals surface area contributed by atoms with Crippen LogP contribution in [0.2, 0.25) is 0 Å². The Bertz CT molecular complexity index is 462. The molecule has 1 fully saturated rings. The van der Waals surface area contributed by atoms with E-state index in [0.717, 1.165) is 24.9 Å². The van der Waals surface area contributed by atoms with Gasteiger partial charge in [-0.15, -0.1) is 0 Å². The normalized spacial score (nSPS) is 19.6. The molecule has 0 radical (unpaired) electrons. The molecule has 0 bridgehead atoms. The predicted octanol–water partition coefficient (Wildman–Crippen LogP) is 1.01. The molecule has 0 saturated carbocycles. The number of aliphatic hydroxyl groups excluding tert-OH is 1. The second-order valence-corrected chi connectivity index (χ2v) is 4.82. The molecule has 3 N–H and O–H groups in total. The van der Waals surface area contributed by atoms with Gasteiger partial charge in [-0.1, -0.05) is 12.1 Å². The molecule has 0 aliphatic carbocycles. The monoisotopic (exact) mass is 264 g/mol. The lowest BCUT2D eigenvalue weighted by molar-refractivity contribution is 0.0599. The van der Waals surface area contributed by atoms with Crippen molar-refractivity contribution in [3.05, 3.63) is 29.3 Å². The second kappa shape index (κ2) is 6.04. The highest BCUT2D eigenvalue weighted by Gasteiger charge is 2.25. The van der Waals surface area contributed by atoms with E-state index in [0.29, 0.717) is 17.8 Å². The molecule has 104 valence electrons. The minimum atomic E-state index is -0.409. The van der Waals surface area contributed by atoms with Crippen LogP contribution in [-0.2, 0) is 11.3 Å². The van der Waals surface area contributed by atoms with Gasteiger partial charge in [0.2, 0.25) is 0 Å². The smallest absolute Gasteiger partial charge is 0.340 e. The number of carbonyl (C=O) groups is 1. The molecular weight excluding hydrogens is 244 g/mol. The third-order valence-corrected chi connectivity index (χ3v) is 3.66. The van der Waals surface area contributed by atoms with Gasteiger partial charge in [0.15, 0.2) is 0 Å². The van der Waals surface area contributed by atoms with Crippen LogP contribution >= 0.6 is 0 Å². The number of likely N-dealkylation sites (tertiary alicyclic amines) is 1. The molecule has 0 amide bonds. The minimum Gasteiger partial charge on any atom is -0.465 e. The summed E-state index contributed by atoms with van der Waals surface area (Å²) in [6, 6.07) is 5.59. The lowest BCUT2D eigenvalue weighted by Crippen LogP contribution is -2.32. The fraction of sp³-hybridized carbons (Fsp3) is 0.500. The topological polar surface area (TPSA) is 75.8 Å². The molecule has 0 spiro atoms. The number of nitrogens with zero attached hydrogens (tertiary/aromatic N) is 1. The average molecular weight is 264 g/mol. The molecular formula is C14H20N2O3. The highest BCUT2D eigenvalue weighted by atomic mass is 16.5. The van der Waals surface area contributed by atoms with E-state index >= 15 is 0 Å². The fourth-order valence-electron chi connectivity index (χ4n) is 2.63. The van der Waals surface area contributed by atoms with Gasteiger partial charge >= 0.3 is 5.97 Å². The molecule has 1 aliphatic rings. The third-order valence-electron chi connectivity index (χ3n) is 3.66. The lowest BCUT2D eigenvalue weighted by atomic mass is 10.0. The number of hydrogen-bond acceptors (Lipinski definition) is 5. The molecule has 5 heteroatoms. The number of carbonyl (C=O) groups excluding carboxylic acids is 1. The summed E-state index contributed by atoms with van der Waals surface area (Å²) in [5.74, 6) is -0.409. The summed E-state index contributed by atoms with van der Waals surface area (Å²) in [6.07, 6.45) is 2.06. The highest BCUT2D eigenvalue weighted by molar-refractivity contribution is 5.96. The number of esters is 1. The van der Waals surface area contributed by atoms with Crippen molar-refractivity contribution in [2.75, 3.05) is 26.0 Å².